The first-order valence-corrected chi connectivity index (χ1v) is 11.9. The van der Waals surface area contributed by atoms with Crippen molar-refractivity contribution in [3.8, 4) is 17.1 Å². The van der Waals surface area contributed by atoms with Crippen molar-refractivity contribution in [3.63, 3.8) is 0 Å². The number of nitrogens with zero attached hydrogens (tertiary/aromatic N) is 3. The van der Waals surface area contributed by atoms with Gasteiger partial charge in [0.1, 0.15) is 5.75 Å². The van der Waals surface area contributed by atoms with Crippen molar-refractivity contribution in [2.75, 3.05) is 26.2 Å². The van der Waals surface area contributed by atoms with Crippen LogP contribution < -0.4 is 10.1 Å². The quantitative estimate of drug-likeness (QED) is 0.508. The fourth-order valence-corrected chi connectivity index (χ4v) is 4.32. The highest BCUT2D eigenvalue weighted by Gasteiger charge is 2.22. The standard InChI is InChI=1S/C23H35N5O2S/c1-3-5-14-27-15-7-6-8-19(27)17-24-21(29)13-16-28-22(25-26-23(28)31)18-9-11-20(12-10-18)30-4-2/h9-12,19H,3-8,13-17H2,1-2H3,(H,24,29)(H,26,31). The van der Waals surface area contributed by atoms with Gasteiger partial charge in [0.2, 0.25) is 5.91 Å². The number of hydrogen-bond acceptors (Lipinski definition) is 5. The molecule has 1 amide bonds. The molecule has 0 spiro atoms. The van der Waals surface area contributed by atoms with E-state index < -0.39 is 0 Å². The Hall–Kier alpha value is -2.19. The van der Waals surface area contributed by atoms with Crippen molar-refractivity contribution in [3.05, 3.63) is 29.0 Å². The van der Waals surface area contributed by atoms with Gasteiger partial charge in [-0.05, 0) is 75.8 Å². The number of aromatic nitrogens is 3. The van der Waals surface area contributed by atoms with Gasteiger partial charge < -0.3 is 10.1 Å². The van der Waals surface area contributed by atoms with E-state index in [1.54, 1.807) is 0 Å². The summed E-state index contributed by atoms with van der Waals surface area (Å²) in [5.74, 6) is 1.61. The van der Waals surface area contributed by atoms with Gasteiger partial charge in [-0.25, -0.2) is 0 Å². The molecule has 1 aromatic heterocycles. The van der Waals surface area contributed by atoms with Crippen LogP contribution in [0.25, 0.3) is 11.4 Å². The minimum atomic E-state index is 0.0572. The molecule has 2 N–H and O–H groups in total. The second-order valence-corrected chi connectivity index (χ2v) is 8.44. The van der Waals surface area contributed by atoms with E-state index in [0.717, 1.165) is 36.8 Å². The first kappa shape index (κ1) is 23.5. The summed E-state index contributed by atoms with van der Waals surface area (Å²) >= 11 is 5.40. The fraction of sp³-hybridized carbons (Fsp3) is 0.609. The molecule has 8 heteroatoms. The van der Waals surface area contributed by atoms with Gasteiger partial charge in [0.25, 0.3) is 0 Å². The van der Waals surface area contributed by atoms with E-state index >= 15 is 0 Å². The number of H-pyrrole nitrogens is 1. The largest absolute Gasteiger partial charge is 0.494 e. The number of ether oxygens (including phenoxy) is 1. The molecule has 31 heavy (non-hydrogen) atoms. The Morgan fingerprint density at radius 1 is 1.26 bits per heavy atom. The number of nitrogens with one attached hydrogen (secondary N) is 2. The summed E-state index contributed by atoms with van der Waals surface area (Å²) in [6, 6.07) is 8.21. The summed E-state index contributed by atoms with van der Waals surface area (Å²) in [4.78, 5) is 15.1. The lowest BCUT2D eigenvalue weighted by atomic mass is 10.0. The lowest BCUT2D eigenvalue weighted by Gasteiger charge is -2.35. The van der Waals surface area contributed by atoms with Crippen LogP contribution in [-0.4, -0.2) is 57.9 Å². The maximum atomic E-state index is 12.6. The van der Waals surface area contributed by atoms with Gasteiger partial charge in [0.05, 0.1) is 6.61 Å². The monoisotopic (exact) mass is 445 g/mol. The van der Waals surface area contributed by atoms with Gasteiger partial charge >= 0.3 is 0 Å². The normalized spacial score (nSPS) is 16.9. The lowest BCUT2D eigenvalue weighted by molar-refractivity contribution is -0.121. The average molecular weight is 446 g/mol. The Morgan fingerprint density at radius 2 is 2.06 bits per heavy atom. The maximum Gasteiger partial charge on any atom is 0.221 e. The molecule has 0 aliphatic carbocycles. The molecule has 0 saturated carbocycles. The number of aromatic amines is 1. The number of piperidine rings is 1. The Kier molecular flexibility index (Phi) is 9.09. The van der Waals surface area contributed by atoms with Crippen LogP contribution in [0.4, 0.5) is 0 Å². The van der Waals surface area contributed by atoms with Crippen LogP contribution in [0.1, 0.15) is 52.4 Å². The molecule has 1 fully saturated rings. The zero-order valence-electron chi connectivity index (χ0n) is 18.7. The summed E-state index contributed by atoms with van der Waals surface area (Å²) in [7, 11) is 0. The predicted octanol–water partition coefficient (Wildman–Crippen LogP) is 4.17. The van der Waals surface area contributed by atoms with E-state index in [1.807, 2.05) is 35.8 Å². The number of unbranched alkanes of at least 4 members (excludes halogenated alkanes) is 1. The minimum absolute atomic E-state index is 0.0572. The summed E-state index contributed by atoms with van der Waals surface area (Å²) < 4.78 is 7.92. The van der Waals surface area contributed by atoms with Crippen LogP contribution in [0.3, 0.4) is 0 Å². The highest BCUT2D eigenvalue weighted by molar-refractivity contribution is 7.71. The van der Waals surface area contributed by atoms with Gasteiger partial charge in [-0.1, -0.05) is 19.8 Å². The molecule has 1 atom stereocenters. The number of carbonyl (C=O) groups excluding carboxylic acids is 1. The molecule has 1 unspecified atom stereocenters. The van der Waals surface area contributed by atoms with Gasteiger partial charge in [0, 0.05) is 31.1 Å². The van der Waals surface area contributed by atoms with E-state index in [9.17, 15) is 4.79 Å². The predicted molar refractivity (Wildman–Crippen MR) is 126 cm³/mol. The Bertz CT molecular complexity index is 877. The molecular weight excluding hydrogens is 410 g/mol. The molecule has 3 rings (SSSR count). The van der Waals surface area contributed by atoms with E-state index in [0.29, 0.717) is 30.4 Å². The first-order chi connectivity index (χ1) is 15.1. The SMILES string of the molecule is CCCCN1CCCCC1CNC(=O)CCn1c(-c2ccc(OCC)cc2)n[nH]c1=S. The Morgan fingerprint density at radius 3 is 2.81 bits per heavy atom. The second kappa shape index (κ2) is 12.0. The second-order valence-electron chi connectivity index (χ2n) is 8.05. The van der Waals surface area contributed by atoms with E-state index in [-0.39, 0.29) is 5.91 Å². The third-order valence-corrected chi connectivity index (χ3v) is 6.14. The van der Waals surface area contributed by atoms with Crippen LogP contribution >= 0.6 is 12.2 Å². The third kappa shape index (κ3) is 6.64. The van der Waals surface area contributed by atoms with Crippen LogP contribution in [0.2, 0.25) is 0 Å². The highest BCUT2D eigenvalue weighted by atomic mass is 32.1. The zero-order valence-corrected chi connectivity index (χ0v) is 19.5. The fourth-order valence-electron chi connectivity index (χ4n) is 4.09. The molecule has 1 saturated heterocycles. The molecule has 2 aromatic rings. The molecule has 7 nitrogen and oxygen atoms in total. The zero-order chi connectivity index (χ0) is 22.1. The number of amides is 1. The van der Waals surface area contributed by atoms with Gasteiger partial charge in [-0.2, -0.15) is 5.10 Å². The molecule has 1 aromatic carbocycles. The number of carbonyl (C=O) groups is 1. The van der Waals surface area contributed by atoms with Crippen LogP contribution in [0.5, 0.6) is 5.75 Å². The molecule has 1 aliphatic heterocycles. The van der Waals surface area contributed by atoms with Crippen molar-refractivity contribution in [1.29, 1.82) is 0 Å². The average Bonchev–Trinajstić information content (AvgIpc) is 3.16. The van der Waals surface area contributed by atoms with Gasteiger partial charge in [0.15, 0.2) is 10.6 Å². The first-order valence-electron chi connectivity index (χ1n) is 11.5. The summed E-state index contributed by atoms with van der Waals surface area (Å²) in [6.45, 7) is 8.32. The van der Waals surface area contributed by atoms with Crippen LogP contribution in [0.15, 0.2) is 24.3 Å². The smallest absolute Gasteiger partial charge is 0.221 e. The molecule has 0 radical (unpaired) electrons. The molecular formula is C23H35N5O2S. The number of rotatable bonds is 11. The van der Waals surface area contributed by atoms with E-state index in [2.05, 4.69) is 27.3 Å². The van der Waals surface area contributed by atoms with Gasteiger partial charge in [-0.15, -0.1) is 0 Å². The van der Waals surface area contributed by atoms with Crippen molar-refractivity contribution in [2.24, 2.45) is 0 Å². The van der Waals surface area contributed by atoms with Crippen molar-refractivity contribution >= 4 is 18.1 Å². The van der Waals surface area contributed by atoms with Gasteiger partial charge in [-0.3, -0.25) is 19.4 Å². The van der Waals surface area contributed by atoms with Crippen molar-refractivity contribution in [2.45, 2.75) is 65.0 Å². The minimum Gasteiger partial charge on any atom is -0.494 e. The lowest BCUT2D eigenvalue weighted by Crippen LogP contribution is -2.47. The maximum absolute atomic E-state index is 12.6. The topological polar surface area (TPSA) is 75.2 Å². The molecule has 2 heterocycles. The highest BCUT2D eigenvalue weighted by Crippen LogP contribution is 2.21. The van der Waals surface area contributed by atoms with Crippen molar-refractivity contribution in [1.82, 2.24) is 25.0 Å². The Balaban J connectivity index is 1.54. The van der Waals surface area contributed by atoms with Crippen LogP contribution in [0, 0.1) is 4.77 Å². The summed E-state index contributed by atoms with van der Waals surface area (Å²) in [6.07, 6.45) is 6.48. The third-order valence-electron chi connectivity index (χ3n) is 5.83. The summed E-state index contributed by atoms with van der Waals surface area (Å²) in [5, 5.41) is 10.4. The number of hydrogen-bond donors (Lipinski definition) is 2. The summed E-state index contributed by atoms with van der Waals surface area (Å²) in [5.41, 5.74) is 0.935. The number of benzene rings is 1. The van der Waals surface area contributed by atoms with Crippen LogP contribution in [-0.2, 0) is 11.3 Å². The molecule has 1 aliphatic rings. The molecule has 0 bridgehead atoms. The molecule has 170 valence electrons. The number of likely N-dealkylation sites (tertiary alicyclic amines) is 1. The Labute approximate surface area is 190 Å². The van der Waals surface area contributed by atoms with E-state index in [4.69, 9.17) is 17.0 Å². The van der Waals surface area contributed by atoms with Crippen molar-refractivity contribution < 1.29 is 9.53 Å². The van der Waals surface area contributed by atoms with E-state index in [1.165, 1.54) is 32.1 Å².